The minimum Gasteiger partial charge on any atom is -0.505 e. The van der Waals surface area contributed by atoms with Crippen LogP contribution in [0.15, 0.2) is 36.4 Å². The highest BCUT2D eigenvalue weighted by molar-refractivity contribution is 6.76. The summed E-state index contributed by atoms with van der Waals surface area (Å²) >= 11 is 0. The summed E-state index contributed by atoms with van der Waals surface area (Å²) in [6.07, 6.45) is 0.0134. The van der Waals surface area contributed by atoms with Gasteiger partial charge in [-0.2, -0.15) is 0 Å². The smallest absolute Gasteiger partial charge is 0.253 e. The van der Waals surface area contributed by atoms with Crippen molar-refractivity contribution in [3.63, 3.8) is 0 Å². The first-order chi connectivity index (χ1) is 16.0. The molecular weight excluding hydrogens is 446 g/mol. The van der Waals surface area contributed by atoms with Crippen LogP contribution in [0.4, 0.5) is 0 Å². The van der Waals surface area contributed by atoms with E-state index in [1.54, 1.807) is 20.2 Å². The number of aromatic nitrogens is 2. The number of phenols is 1. The average molecular weight is 484 g/mol. The molecule has 0 radical (unpaired) electrons. The van der Waals surface area contributed by atoms with Crippen molar-refractivity contribution in [2.75, 3.05) is 20.7 Å². The Morgan fingerprint density at radius 1 is 1.21 bits per heavy atom. The Labute approximate surface area is 203 Å². The van der Waals surface area contributed by atoms with Crippen molar-refractivity contribution in [3.05, 3.63) is 58.9 Å². The number of aliphatic hydroxyl groups is 1. The fraction of sp³-hybridized carbons (Fsp3) is 0.462. The molecule has 0 aliphatic rings. The van der Waals surface area contributed by atoms with E-state index in [1.165, 1.54) is 4.90 Å². The molecule has 1 heterocycles. The van der Waals surface area contributed by atoms with E-state index < -0.39 is 14.2 Å². The molecule has 0 saturated carbocycles. The fourth-order valence-electron chi connectivity index (χ4n) is 3.90. The molecule has 184 valence electrons. The second-order valence-corrected chi connectivity index (χ2v) is 15.8. The van der Waals surface area contributed by atoms with Crippen LogP contribution < -0.4 is 0 Å². The van der Waals surface area contributed by atoms with Crippen LogP contribution in [0.5, 0.6) is 5.75 Å². The quantitative estimate of drug-likeness (QED) is 0.321. The lowest BCUT2D eigenvalue weighted by atomic mass is 9.96. The van der Waals surface area contributed by atoms with E-state index in [0.29, 0.717) is 54.2 Å². The van der Waals surface area contributed by atoms with Crippen LogP contribution in [-0.2, 0) is 17.9 Å². The monoisotopic (exact) mass is 483 g/mol. The summed E-state index contributed by atoms with van der Waals surface area (Å²) in [5.74, 6) is 0.501. The maximum Gasteiger partial charge on any atom is 0.253 e. The summed E-state index contributed by atoms with van der Waals surface area (Å²) in [7, 11) is 2.17. The van der Waals surface area contributed by atoms with Crippen LogP contribution in [0.1, 0.15) is 39.8 Å². The number of benzene rings is 2. The molecule has 0 fully saturated rings. The van der Waals surface area contributed by atoms with Crippen molar-refractivity contribution < 1.29 is 19.7 Å². The van der Waals surface area contributed by atoms with E-state index in [0.717, 1.165) is 11.6 Å². The summed E-state index contributed by atoms with van der Waals surface area (Å²) < 4.78 is 7.83. The molecule has 0 saturated heterocycles. The number of aromatic hydroxyl groups is 1. The average Bonchev–Trinajstić information content (AvgIpc) is 3.10. The van der Waals surface area contributed by atoms with Gasteiger partial charge in [0.15, 0.2) is 0 Å². The number of nitrogens with zero attached hydrogens (tertiary/aromatic N) is 3. The predicted octanol–water partition coefficient (Wildman–Crippen LogP) is 4.73. The molecule has 0 bridgehead atoms. The Balaban J connectivity index is 1.94. The summed E-state index contributed by atoms with van der Waals surface area (Å²) in [5, 5.41) is 21.8. The minimum absolute atomic E-state index is 0.00749. The van der Waals surface area contributed by atoms with E-state index in [9.17, 15) is 15.0 Å². The first-order valence-electron chi connectivity index (χ1n) is 11.7. The standard InChI is InChI=1S/C26H37N3O4Si/c1-18-27-24-22(29(18)17-33-14-15-34(4,5)6)16-21(26(32)28(2)3)20(25(24)31)12-13-23(30)19-10-8-7-9-11-19/h7-11,16,23,30-31H,12-15,17H2,1-6H3/t23-/m1/s1. The number of amides is 1. The lowest BCUT2D eigenvalue weighted by Gasteiger charge is -2.18. The zero-order valence-corrected chi connectivity index (χ0v) is 22.1. The number of phenolic OH excluding ortho intramolecular Hbond substituents is 1. The molecule has 8 heteroatoms. The van der Waals surface area contributed by atoms with Gasteiger partial charge in [0, 0.05) is 39.9 Å². The first kappa shape index (κ1) is 25.9. The Kier molecular flexibility index (Phi) is 8.17. The van der Waals surface area contributed by atoms with Gasteiger partial charge >= 0.3 is 0 Å². The summed E-state index contributed by atoms with van der Waals surface area (Å²) in [6, 6.07) is 12.2. The van der Waals surface area contributed by atoms with Gasteiger partial charge in [0.05, 0.1) is 11.6 Å². The third kappa shape index (κ3) is 6.05. The van der Waals surface area contributed by atoms with Crippen LogP contribution in [0.3, 0.4) is 0 Å². The van der Waals surface area contributed by atoms with E-state index in [1.807, 2.05) is 41.8 Å². The molecule has 34 heavy (non-hydrogen) atoms. The number of ether oxygens (including phenoxy) is 1. The highest BCUT2D eigenvalue weighted by atomic mass is 28.3. The topological polar surface area (TPSA) is 87.8 Å². The van der Waals surface area contributed by atoms with Crippen LogP contribution in [0.2, 0.25) is 25.7 Å². The Bertz CT molecular complexity index is 1140. The minimum atomic E-state index is -1.20. The molecular formula is C26H37N3O4Si. The van der Waals surface area contributed by atoms with Crippen LogP contribution in [0, 0.1) is 6.92 Å². The summed E-state index contributed by atoms with van der Waals surface area (Å²) in [4.78, 5) is 19.1. The zero-order valence-electron chi connectivity index (χ0n) is 21.1. The van der Waals surface area contributed by atoms with Gasteiger partial charge in [-0.25, -0.2) is 4.98 Å². The van der Waals surface area contributed by atoms with Crippen molar-refractivity contribution in [2.24, 2.45) is 0 Å². The van der Waals surface area contributed by atoms with E-state index in [-0.39, 0.29) is 11.7 Å². The number of rotatable bonds is 10. The van der Waals surface area contributed by atoms with Crippen LogP contribution >= 0.6 is 0 Å². The van der Waals surface area contributed by atoms with Crippen molar-refractivity contribution in [2.45, 2.75) is 58.3 Å². The largest absolute Gasteiger partial charge is 0.505 e. The van der Waals surface area contributed by atoms with Crippen molar-refractivity contribution >= 4 is 25.0 Å². The second-order valence-electron chi connectivity index (χ2n) is 10.2. The molecule has 7 nitrogen and oxygen atoms in total. The Morgan fingerprint density at radius 3 is 2.50 bits per heavy atom. The fourth-order valence-corrected chi connectivity index (χ4v) is 4.66. The lowest BCUT2D eigenvalue weighted by molar-refractivity contribution is 0.0824. The number of hydrogen-bond acceptors (Lipinski definition) is 5. The Hall–Kier alpha value is -2.68. The molecule has 0 aliphatic heterocycles. The van der Waals surface area contributed by atoms with Crippen molar-refractivity contribution in [1.82, 2.24) is 14.5 Å². The third-order valence-electron chi connectivity index (χ3n) is 6.02. The van der Waals surface area contributed by atoms with Gasteiger partial charge in [0.25, 0.3) is 5.91 Å². The molecule has 2 aromatic carbocycles. The highest BCUT2D eigenvalue weighted by Gasteiger charge is 2.24. The maximum absolute atomic E-state index is 13.1. The summed E-state index contributed by atoms with van der Waals surface area (Å²) in [6.45, 7) is 9.77. The van der Waals surface area contributed by atoms with E-state index in [4.69, 9.17) is 4.74 Å². The molecule has 2 N–H and O–H groups in total. The SMILES string of the molecule is Cc1nc2c(O)c(CC[C@@H](O)c3ccccc3)c(C(=O)N(C)C)cc2n1COCC[Si](C)(C)C. The van der Waals surface area contributed by atoms with E-state index >= 15 is 0 Å². The molecule has 0 spiro atoms. The number of aryl methyl sites for hydroxylation is 1. The molecule has 1 aromatic heterocycles. The third-order valence-corrected chi connectivity index (χ3v) is 7.72. The van der Waals surface area contributed by atoms with Gasteiger partial charge in [-0.05, 0) is 37.4 Å². The molecule has 3 rings (SSSR count). The van der Waals surface area contributed by atoms with Gasteiger partial charge in [-0.15, -0.1) is 0 Å². The number of aliphatic hydroxyl groups excluding tert-OH is 1. The van der Waals surface area contributed by atoms with Crippen LogP contribution in [0.25, 0.3) is 11.0 Å². The van der Waals surface area contributed by atoms with Gasteiger partial charge in [0.2, 0.25) is 0 Å². The molecule has 0 aliphatic carbocycles. The van der Waals surface area contributed by atoms with Gasteiger partial charge in [-0.3, -0.25) is 4.79 Å². The normalized spacial score (nSPS) is 12.8. The van der Waals surface area contributed by atoms with Gasteiger partial charge in [-0.1, -0.05) is 50.0 Å². The predicted molar refractivity (Wildman–Crippen MR) is 138 cm³/mol. The molecule has 1 amide bonds. The van der Waals surface area contributed by atoms with Gasteiger partial charge < -0.3 is 24.4 Å². The number of fused-ring (bicyclic) bond motifs is 1. The van der Waals surface area contributed by atoms with Crippen molar-refractivity contribution in [1.29, 1.82) is 0 Å². The van der Waals surface area contributed by atoms with E-state index in [2.05, 4.69) is 24.6 Å². The second kappa shape index (κ2) is 10.7. The molecule has 0 unspecified atom stereocenters. The van der Waals surface area contributed by atoms with Gasteiger partial charge in [0.1, 0.15) is 23.8 Å². The number of carbonyl (C=O) groups is 1. The lowest BCUT2D eigenvalue weighted by Crippen LogP contribution is -2.23. The maximum atomic E-state index is 13.1. The summed E-state index contributed by atoms with van der Waals surface area (Å²) in [5.41, 5.74) is 2.84. The van der Waals surface area contributed by atoms with Crippen molar-refractivity contribution in [3.8, 4) is 5.75 Å². The van der Waals surface area contributed by atoms with Crippen LogP contribution in [-0.4, -0.2) is 59.3 Å². The molecule has 1 atom stereocenters. The number of hydrogen-bond donors (Lipinski definition) is 2. The Morgan fingerprint density at radius 2 is 1.88 bits per heavy atom. The molecule has 3 aromatic rings. The zero-order chi connectivity index (χ0) is 25.0. The first-order valence-corrected chi connectivity index (χ1v) is 15.4. The highest BCUT2D eigenvalue weighted by Crippen LogP contribution is 2.35. The number of carbonyl (C=O) groups excluding carboxylic acids is 1. The number of imidazole rings is 1.